The fraction of sp³-hybridized carbons (Fsp3) is 0.526. The molecule has 0 aliphatic carbocycles. The Morgan fingerprint density at radius 2 is 1.92 bits per heavy atom. The van der Waals surface area contributed by atoms with Crippen LogP contribution in [0.4, 0.5) is 0 Å². The van der Waals surface area contributed by atoms with Crippen molar-refractivity contribution in [3.05, 3.63) is 41.7 Å². The van der Waals surface area contributed by atoms with Crippen LogP contribution in [-0.2, 0) is 11.3 Å². The minimum Gasteiger partial charge on any atom is -0.354 e. The number of hydrogen-bond acceptors (Lipinski definition) is 5. The maximum Gasteiger partial charge on any atom is 0.230 e. The Morgan fingerprint density at radius 3 is 2.69 bits per heavy atom. The van der Waals surface area contributed by atoms with Crippen LogP contribution in [0.15, 0.2) is 35.5 Å². The second-order valence-electron chi connectivity index (χ2n) is 6.64. The third-order valence-electron chi connectivity index (χ3n) is 4.62. The molecule has 1 aliphatic heterocycles. The van der Waals surface area contributed by atoms with Crippen molar-refractivity contribution >= 4 is 17.7 Å². The summed E-state index contributed by atoms with van der Waals surface area (Å²) >= 11 is 1.44. The lowest BCUT2D eigenvalue weighted by Crippen LogP contribution is -2.38. The van der Waals surface area contributed by atoms with E-state index < -0.39 is 0 Å². The molecular formula is C19H27N5OS. The molecule has 0 unspecified atom stereocenters. The number of likely N-dealkylation sites (tertiary alicyclic amines) is 1. The van der Waals surface area contributed by atoms with Crippen molar-refractivity contribution < 1.29 is 4.79 Å². The Bertz CT molecular complexity index is 697. The topological polar surface area (TPSA) is 63.1 Å². The van der Waals surface area contributed by atoms with Gasteiger partial charge in [-0.3, -0.25) is 4.79 Å². The van der Waals surface area contributed by atoms with Crippen molar-refractivity contribution in [3.8, 4) is 0 Å². The molecule has 0 atom stereocenters. The smallest absolute Gasteiger partial charge is 0.230 e. The second-order valence-corrected chi connectivity index (χ2v) is 7.58. The van der Waals surface area contributed by atoms with Crippen molar-refractivity contribution in [2.24, 2.45) is 0 Å². The molecule has 1 amide bonds. The molecular weight excluding hydrogens is 346 g/mol. The molecule has 0 spiro atoms. The van der Waals surface area contributed by atoms with Gasteiger partial charge in [-0.2, -0.15) is 0 Å². The van der Waals surface area contributed by atoms with Gasteiger partial charge in [-0.25, -0.2) is 0 Å². The van der Waals surface area contributed by atoms with Gasteiger partial charge in [-0.05, 0) is 38.4 Å². The van der Waals surface area contributed by atoms with Gasteiger partial charge in [0.05, 0.1) is 12.3 Å². The van der Waals surface area contributed by atoms with Gasteiger partial charge in [0.1, 0.15) is 5.82 Å². The van der Waals surface area contributed by atoms with Gasteiger partial charge < -0.3 is 14.8 Å². The minimum atomic E-state index is 0.0546. The summed E-state index contributed by atoms with van der Waals surface area (Å²) in [4.78, 5) is 14.6. The fourth-order valence-electron chi connectivity index (χ4n) is 3.13. The van der Waals surface area contributed by atoms with Crippen LogP contribution in [0.3, 0.4) is 0 Å². The second kappa shape index (κ2) is 9.73. The number of carbonyl (C=O) groups is 1. The molecule has 1 aromatic heterocycles. The highest BCUT2D eigenvalue weighted by Crippen LogP contribution is 2.18. The van der Waals surface area contributed by atoms with E-state index in [1.165, 1.54) is 36.6 Å². The van der Waals surface area contributed by atoms with Gasteiger partial charge in [-0.15, -0.1) is 10.2 Å². The van der Waals surface area contributed by atoms with E-state index in [4.69, 9.17) is 0 Å². The molecule has 1 N–H and O–H groups in total. The molecule has 3 rings (SSSR count). The van der Waals surface area contributed by atoms with Crippen molar-refractivity contribution in [1.82, 2.24) is 25.0 Å². The van der Waals surface area contributed by atoms with Crippen LogP contribution in [0.5, 0.6) is 0 Å². The normalized spacial score (nSPS) is 15.1. The molecule has 26 heavy (non-hydrogen) atoms. The van der Waals surface area contributed by atoms with Gasteiger partial charge in [-0.1, -0.05) is 48.5 Å². The van der Waals surface area contributed by atoms with Gasteiger partial charge in [0.15, 0.2) is 5.16 Å². The maximum atomic E-state index is 12.1. The average molecular weight is 374 g/mol. The third-order valence-corrected chi connectivity index (χ3v) is 5.58. The van der Waals surface area contributed by atoms with Gasteiger partial charge in [0, 0.05) is 13.1 Å². The van der Waals surface area contributed by atoms with E-state index in [0.29, 0.717) is 5.75 Å². The Balaban J connectivity index is 1.44. The number of aromatic nitrogens is 3. The first kappa shape index (κ1) is 18.9. The zero-order valence-electron chi connectivity index (χ0n) is 15.4. The zero-order chi connectivity index (χ0) is 18.2. The molecule has 1 fully saturated rings. The van der Waals surface area contributed by atoms with E-state index >= 15 is 0 Å². The number of nitrogens with zero attached hydrogens (tertiary/aromatic N) is 4. The lowest BCUT2D eigenvalue weighted by atomic mass is 10.1. The van der Waals surface area contributed by atoms with Crippen molar-refractivity contribution in [2.45, 2.75) is 37.9 Å². The number of thioether (sulfide) groups is 1. The molecule has 0 bridgehead atoms. The summed E-state index contributed by atoms with van der Waals surface area (Å²) in [7, 11) is 0. The van der Waals surface area contributed by atoms with E-state index in [-0.39, 0.29) is 5.91 Å². The number of benzene rings is 1. The third kappa shape index (κ3) is 5.57. The number of rotatable bonds is 8. The van der Waals surface area contributed by atoms with E-state index in [1.807, 2.05) is 25.1 Å². The van der Waals surface area contributed by atoms with Crippen molar-refractivity contribution in [1.29, 1.82) is 0 Å². The van der Waals surface area contributed by atoms with Crippen LogP contribution in [0, 0.1) is 6.92 Å². The molecule has 0 saturated carbocycles. The lowest BCUT2D eigenvalue weighted by molar-refractivity contribution is -0.118. The highest BCUT2D eigenvalue weighted by atomic mass is 32.2. The van der Waals surface area contributed by atoms with Crippen LogP contribution >= 0.6 is 11.8 Å². The summed E-state index contributed by atoms with van der Waals surface area (Å²) in [6.07, 6.45) is 3.89. The zero-order valence-corrected chi connectivity index (χ0v) is 16.2. The Morgan fingerprint density at radius 1 is 1.15 bits per heavy atom. The van der Waals surface area contributed by atoms with Gasteiger partial charge in [0.25, 0.3) is 0 Å². The predicted octanol–water partition coefficient (Wildman–Crippen LogP) is 2.33. The van der Waals surface area contributed by atoms with Crippen molar-refractivity contribution in [3.63, 3.8) is 0 Å². The van der Waals surface area contributed by atoms with E-state index in [9.17, 15) is 4.79 Å². The largest absolute Gasteiger partial charge is 0.354 e. The summed E-state index contributed by atoms with van der Waals surface area (Å²) in [6.45, 7) is 6.64. The lowest BCUT2D eigenvalue weighted by Gasteiger charge is -2.26. The maximum absolute atomic E-state index is 12.1. The molecule has 1 saturated heterocycles. The highest BCUT2D eigenvalue weighted by Gasteiger charge is 2.13. The Kier molecular flexibility index (Phi) is 7.08. The monoisotopic (exact) mass is 373 g/mol. The molecule has 1 aliphatic rings. The van der Waals surface area contributed by atoms with Crippen LogP contribution in [-0.4, -0.2) is 57.5 Å². The first-order valence-corrected chi connectivity index (χ1v) is 10.3. The fourth-order valence-corrected chi connectivity index (χ4v) is 3.95. The van der Waals surface area contributed by atoms with Crippen LogP contribution in [0.2, 0.25) is 0 Å². The first-order valence-electron chi connectivity index (χ1n) is 9.28. The van der Waals surface area contributed by atoms with E-state index in [1.54, 1.807) is 0 Å². The van der Waals surface area contributed by atoms with Crippen LogP contribution in [0.25, 0.3) is 0 Å². The van der Waals surface area contributed by atoms with E-state index in [2.05, 4.69) is 37.1 Å². The highest BCUT2D eigenvalue weighted by molar-refractivity contribution is 7.99. The first-order chi connectivity index (χ1) is 12.7. The summed E-state index contributed by atoms with van der Waals surface area (Å²) in [5, 5.41) is 12.2. The predicted molar refractivity (Wildman–Crippen MR) is 104 cm³/mol. The molecule has 2 aromatic rings. The molecule has 7 heteroatoms. The summed E-state index contributed by atoms with van der Waals surface area (Å²) in [6, 6.07) is 10.2. The van der Waals surface area contributed by atoms with Crippen LogP contribution < -0.4 is 5.32 Å². The van der Waals surface area contributed by atoms with Crippen LogP contribution in [0.1, 0.15) is 30.7 Å². The van der Waals surface area contributed by atoms with Crippen molar-refractivity contribution in [2.75, 3.05) is 31.9 Å². The number of carbonyl (C=O) groups excluding carboxylic acids is 1. The standard InChI is InChI=1S/C19H27N5OS/c1-16-21-22-19(24(16)14-17-8-4-2-5-9-17)26-15-18(25)20-10-13-23-11-6-3-7-12-23/h2,4-5,8-9H,3,6-7,10-15H2,1H3,(H,20,25). The Hall–Kier alpha value is -1.86. The molecule has 140 valence electrons. The summed E-state index contributed by atoms with van der Waals surface area (Å²) < 4.78 is 2.06. The Labute approximate surface area is 159 Å². The molecule has 6 nitrogen and oxygen atoms in total. The number of amides is 1. The number of nitrogens with one attached hydrogen (secondary N) is 1. The van der Waals surface area contributed by atoms with E-state index in [0.717, 1.165) is 43.7 Å². The molecule has 2 heterocycles. The SMILES string of the molecule is Cc1nnc(SCC(=O)NCCN2CCCCC2)n1Cc1ccccc1. The quantitative estimate of drug-likeness (QED) is 0.720. The average Bonchev–Trinajstić information content (AvgIpc) is 3.01. The molecule has 1 aromatic carbocycles. The minimum absolute atomic E-state index is 0.0546. The summed E-state index contributed by atoms with van der Waals surface area (Å²) in [5.74, 6) is 1.29. The van der Waals surface area contributed by atoms with Gasteiger partial charge >= 0.3 is 0 Å². The number of aryl methyl sites for hydroxylation is 1. The summed E-state index contributed by atoms with van der Waals surface area (Å²) in [5.41, 5.74) is 1.20. The van der Waals surface area contributed by atoms with Gasteiger partial charge in [0.2, 0.25) is 5.91 Å². The number of piperidine rings is 1. The molecule has 0 radical (unpaired) electrons. The number of hydrogen-bond donors (Lipinski definition) is 1.